The van der Waals surface area contributed by atoms with Crippen molar-refractivity contribution in [2.75, 3.05) is 24.2 Å². The molecule has 0 spiro atoms. The number of aromatic nitrogens is 2. The SMILES string of the molecule is CCCC(O)CNc1nc(C(C)(C)C)nc(NC)c1C. The molecule has 114 valence electrons. The molecule has 1 rings (SSSR count). The molecule has 0 radical (unpaired) electrons. The molecular formula is C15H28N4O. The van der Waals surface area contributed by atoms with Gasteiger partial charge in [-0.05, 0) is 13.3 Å². The minimum atomic E-state index is -0.342. The third-order valence-electron chi connectivity index (χ3n) is 3.18. The van der Waals surface area contributed by atoms with E-state index < -0.39 is 0 Å². The Balaban J connectivity index is 2.99. The Bertz CT molecular complexity index is 440. The Morgan fingerprint density at radius 2 is 1.80 bits per heavy atom. The van der Waals surface area contributed by atoms with E-state index in [1.165, 1.54) is 0 Å². The molecule has 20 heavy (non-hydrogen) atoms. The van der Waals surface area contributed by atoms with Crippen molar-refractivity contribution in [3.05, 3.63) is 11.4 Å². The summed E-state index contributed by atoms with van der Waals surface area (Å²) in [7, 11) is 1.86. The third-order valence-corrected chi connectivity index (χ3v) is 3.18. The number of nitrogens with zero attached hydrogens (tertiary/aromatic N) is 2. The minimum Gasteiger partial charge on any atom is -0.391 e. The van der Waals surface area contributed by atoms with Gasteiger partial charge in [0.2, 0.25) is 0 Å². The second kappa shape index (κ2) is 6.88. The van der Waals surface area contributed by atoms with Gasteiger partial charge in [-0.3, -0.25) is 0 Å². The fourth-order valence-electron chi connectivity index (χ4n) is 1.92. The van der Waals surface area contributed by atoms with Crippen molar-refractivity contribution >= 4 is 11.6 Å². The number of hydrogen-bond acceptors (Lipinski definition) is 5. The lowest BCUT2D eigenvalue weighted by Gasteiger charge is -2.21. The van der Waals surface area contributed by atoms with Gasteiger partial charge in [0.15, 0.2) is 0 Å². The number of nitrogens with one attached hydrogen (secondary N) is 2. The molecule has 5 nitrogen and oxygen atoms in total. The van der Waals surface area contributed by atoms with Crippen molar-refractivity contribution < 1.29 is 5.11 Å². The van der Waals surface area contributed by atoms with Crippen molar-refractivity contribution in [3.63, 3.8) is 0 Å². The van der Waals surface area contributed by atoms with Crippen LogP contribution in [0.1, 0.15) is 51.9 Å². The monoisotopic (exact) mass is 280 g/mol. The molecule has 1 aromatic heterocycles. The Kier molecular flexibility index (Phi) is 5.74. The summed E-state index contributed by atoms with van der Waals surface area (Å²) in [6.07, 6.45) is 1.42. The number of aliphatic hydroxyl groups excluding tert-OH is 1. The number of aliphatic hydroxyl groups is 1. The van der Waals surface area contributed by atoms with Crippen LogP contribution in [0.15, 0.2) is 0 Å². The normalized spacial score (nSPS) is 13.2. The minimum absolute atomic E-state index is 0.113. The first-order valence-electron chi connectivity index (χ1n) is 7.28. The highest BCUT2D eigenvalue weighted by Crippen LogP contribution is 2.26. The zero-order valence-corrected chi connectivity index (χ0v) is 13.5. The summed E-state index contributed by atoms with van der Waals surface area (Å²) >= 11 is 0. The Hall–Kier alpha value is -1.36. The summed E-state index contributed by atoms with van der Waals surface area (Å²) in [5.41, 5.74) is 0.863. The predicted molar refractivity (Wildman–Crippen MR) is 84.4 cm³/mol. The average Bonchev–Trinajstić information content (AvgIpc) is 2.36. The zero-order valence-electron chi connectivity index (χ0n) is 13.5. The van der Waals surface area contributed by atoms with Gasteiger partial charge in [0.1, 0.15) is 17.5 Å². The maximum absolute atomic E-state index is 9.84. The van der Waals surface area contributed by atoms with Gasteiger partial charge in [-0.2, -0.15) is 0 Å². The van der Waals surface area contributed by atoms with Gasteiger partial charge in [-0.25, -0.2) is 9.97 Å². The van der Waals surface area contributed by atoms with E-state index in [2.05, 4.69) is 48.3 Å². The van der Waals surface area contributed by atoms with Crippen molar-refractivity contribution in [2.45, 2.75) is 59.0 Å². The van der Waals surface area contributed by atoms with E-state index in [1.807, 2.05) is 14.0 Å². The van der Waals surface area contributed by atoms with Crippen LogP contribution in [-0.2, 0) is 5.41 Å². The molecule has 1 atom stereocenters. The molecule has 5 heteroatoms. The van der Waals surface area contributed by atoms with Gasteiger partial charge >= 0.3 is 0 Å². The second-order valence-corrected chi connectivity index (χ2v) is 6.19. The zero-order chi connectivity index (χ0) is 15.3. The quantitative estimate of drug-likeness (QED) is 0.747. The lowest BCUT2D eigenvalue weighted by molar-refractivity contribution is 0.176. The van der Waals surface area contributed by atoms with Crippen LogP contribution >= 0.6 is 0 Å². The predicted octanol–water partition coefficient (Wildman–Crippen LogP) is 2.70. The summed E-state index contributed by atoms with van der Waals surface area (Å²) < 4.78 is 0. The van der Waals surface area contributed by atoms with E-state index in [0.717, 1.165) is 35.9 Å². The molecule has 0 amide bonds. The molecule has 3 N–H and O–H groups in total. The second-order valence-electron chi connectivity index (χ2n) is 6.19. The fraction of sp³-hybridized carbons (Fsp3) is 0.733. The molecule has 0 bridgehead atoms. The highest BCUT2D eigenvalue weighted by Gasteiger charge is 2.21. The molecule has 0 aliphatic carbocycles. The Morgan fingerprint density at radius 3 is 2.30 bits per heavy atom. The van der Waals surface area contributed by atoms with E-state index in [4.69, 9.17) is 0 Å². The first-order valence-corrected chi connectivity index (χ1v) is 7.28. The molecule has 0 aliphatic heterocycles. The summed E-state index contributed by atoms with van der Waals surface area (Å²) in [4.78, 5) is 9.17. The first kappa shape index (κ1) is 16.7. The highest BCUT2D eigenvalue weighted by molar-refractivity contribution is 5.57. The van der Waals surface area contributed by atoms with Crippen molar-refractivity contribution in [1.82, 2.24) is 9.97 Å². The number of hydrogen-bond donors (Lipinski definition) is 3. The first-order chi connectivity index (χ1) is 9.29. The molecule has 0 aliphatic rings. The Morgan fingerprint density at radius 1 is 1.20 bits per heavy atom. The van der Waals surface area contributed by atoms with Crippen molar-refractivity contribution in [3.8, 4) is 0 Å². The van der Waals surface area contributed by atoms with Gasteiger partial charge in [0, 0.05) is 24.6 Å². The molecule has 1 aromatic rings. The van der Waals surface area contributed by atoms with Crippen LogP contribution in [0.2, 0.25) is 0 Å². The van der Waals surface area contributed by atoms with Crippen LogP contribution in [0.4, 0.5) is 11.6 Å². The lowest BCUT2D eigenvalue weighted by atomic mass is 9.95. The summed E-state index contributed by atoms with van der Waals surface area (Å²) in [5.74, 6) is 2.42. The topological polar surface area (TPSA) is 70.1 Å². The standard InChI is InChI=1S/C15H28N4O/c1-7-8-11(20)9-17-13-10(2)12(16-6)18-14(19-13)15(3,4)5/h11,20H,7-9H2,1-6H3,(H2,16,17,18,19). The molecule has 1 unspecified atom stereocenters. The molecule has 0 saturated carbocycles. The van der Waals surface area contributed by atoms with E-state index in [0.29, 0.717) is 6.54 Å². The maximum atomic E-state index is 9.84. The number of anilines is 2. The van der Waals surface area contributed by atoms with E-state index in [1.54, 1.807) is 0 Å². The van der Waals surface area contributed by atoms with Crippen LogP contribution in [0.25, 0.3) is 0 Å². The summed E-state index contributed by atoms with van der Waals surface area (Å²) in [6, 6.07) is 0. The Labute approximate surface area is 122 Å². The fourth-order valence-corrected chi connectivity index (χ4v) is 1.92. The van der Waals surface area contributed by atoms with Gasteiger partial charge in [-0.15, -0.1) is 0 Å². The summed E-state index contributed by atoms with van der Waals surface area (Å²) in [5, 5.41) is 16.2. The van der Waals surface area contributed by atoms with E-state index in [-0.39, 0.29) is 11.5 Å². The summed E-state index contributed by atoms with van der Waals surface area (Å²) in [6.45, 7) is 10.8. The van der Waals surface area contributed by atoms with E-state index in [9.17, 15) is 5.11 Å². The molecule has 0 saturated heterocycles. The van der Waals surface area contributed by atoms with Crippen LogP contribution in [0.3, 0.4) is 0 Å². The third kappa shape index (κ3) is 4.34. The van der Waals surface area contributed by atoms with Gasteiger partial charge in [-0.1, -0.05) is 34.1 Å². The molecule has 0 fully saturated rings. The van der Waals surface area contributed by atoms with Crippen LogP contribution in [-0.4, -0.2) is 34.8 Å². The van der Waals surface area contributed by atoms with Crippen LogP contribution < -0.4 is 10.6 Å². The van der Waals surface area contributed by atoms with Crippen LogP contribution in [0.5, 0.6) is 0 Å². The number of rotatable bonds is 6. The van der Waals surface area contributed by atoms with Crippen LogP contribution in [0, 0.1) is 6.92 Å². The van der Waals surface area contributed by atoms with Crippen molar-refractivity contribution in [2.24, 2.45) is 0 Å². The largest absolute Gasteiger partial charge is 0.391 e. The molecule has 1 heterocycles. The molecule has 0 aromatic carbocycles. The van der Waals surface area contributed by atoms with Gasteiger partial charge < -0.3 is 15.7 Å². The molecular weight excluding hydrogens is 252 g/mol. The van der Waals surface area contributed by atoms with Gasteiger partial charge in [0.05, 0.1) is 6.10 Å². The van der Waals surface area contributed by atoms with Gasteiger partial charge in [0.25, 0.3) is 0 Å². The lowest BCUT2D eigenvalue weighted by Crippen LogP contribution is -2.23. The maximum Gasteiger partial charge on any atom is 0.138 e. The average molecular weight is 280 g/mol. The smallest absolute Gasteiger partial charge is 0.138 e. The van der Waals surface area contributed by atoms with Crippen molar-refractivity contribution in [1.29, 1.82) is 0 Å². The highest BCUT2D eigenvalue weighted by atomic mass is 16.3. The van der Waals surface area contributed by atoms with E-state index >= 15 is 0 Å².